The van der Waals surface area contributed by atoms with Gasteiger partial charge in [-0.15, -0.1) is 0 Å². The Bertz CT molecular complexity index is 252. The van der Waals surface area contributed by atoms with Crippen LogP contribution in [-0.2, 0) is 0 Å². The minimum atomic E-state index is 0.489. The van der Waals surface area contributed by atoms with Crippen molar-refractivity contribution >= 4 is 32.3 Å². The fraction of sp³-hybridized carbons (Fsp3) is 0.429. The van der Waals surface area contributed by atoms with E-state index in [9.17, 15) is 0 Å². The minimum Gasteiger partial charge on any atom is -0.159 e. The first-order valence-electron chi connectivity index (χ1n) is 3.54. The Kier molecular flexibility index (Phi) is 4.25. The van der Waals surface area contributed by atoms with Crippen molar-refractivity contribution in [2.75, 3.05) is 0 Å². The molecule has 1 rings (SSSR count). The predicted octanol–water partition coefficient (Wildman–Crippen LogP) is 3.19. The highest BCUT2D eigenvalue weighted by Crippen LogP contribution is 2.37. The van der Waals surface area contributed by atoms with Crippen molar-refractivity contribution in [3.05, 3.63) is 18.0 Å². The van der Waals surface area contributed by atoms with Crippen molar-refractivity contribution in [2.45, 2.75) is 24.7 Å². The minimum absolute atomic E-state index is 0.489. The SMILES string of the molecule is CC(C)c1cnncc1SSS. The summed E-state index contributed by atoms with van der Waals surface area (Å²) in [6.45, 7) is 4.29. The van der Waals surface area contributed by atoms with Gasteiger partial charge in [0.2, 0.25) is 0 Å². The molecule has 12 heavy (non-hydrogen) atoms. The highest BCUT2D eigenvalue weighted by molar-refractivity contribution is 9.05. The third-order valence-corrected chi connectivity index (χ3v) is 3.50. The molecule has 0 unspecified atom stereocenters. The van der Waals surface area contributed by atoms with Crippen LogP contribution in [0.3, 0.4) is 0 Å². The van der Waals surface area contributed by atoms with Crippen LogP contribution in [0.1, 0.15) is 25.3 Å². The lowest BCUT2D eigenvalue weighted by Gasteiger charge is -2.07. The van der Waals surface area contributed by atoms with Crippen LogP contribution in [0.2, 0.25) is 0 Å². The number of rotatable bonds is 3. The van der Waals surface area contributed by atoms with Gasteiger partial charge in [0, 0.05) is 4.90 Å². The molecule has 1 aromatic rings. The van der Waals surface area contributed by atoms with Gasteiger partial charge >= 0.3 is 0 Å². The van der Waals surface area contributed by atoms with Crippen LogP contribution in [0.15, 0.2) is 17.3 Å². The lowest BCUT2D eigenvalue weighted by Crippen LogP contribution is -1.93. The Morgan fingerprint density at radius 3 is 2.58 bits per heavy atom. The summed E-state index contributed by atoms with van der Waals surface area (Å²) in [6.07, 6.45) is 3.60. The zero-order valence-electron chi connectivity index (χ0n) is 6.89. The van der Waals surface area contributed by atoms with Crippen molar-refractivity contribution in [3.8, 4) is 0 Å². The molecule has 0 fully saturated rings. The summed E-state index contributed by atoms with van der Waals surface area (Å²) in [5, 5.41) is 7.68. The number of aromatic nitrogens is 2. The molecule has 5 heteroatoms. The Morgan fingerprint density at radius 2 is 2.00 bits per heavy atom. The van der Waals surface area contributed by atoms with Crippen molar-refractivity contribution in [3.63, 3.8) is 0 Å². The maximum Gasteiger partial charge on any atom is 0.0644 e. The first kappa shape index (κ1) is 10.2. The summed E-state index contributed by atoms with van der Waals surface area (Å²) in [4.78, 5) is 1.15. The first-order valence-corrected chi connectivity index (χ1v) is 6.74. The van der Waals surface area contributed by atoms with Crippen LogP contribution in [0.4, 0.5) is 0 Å². The normalized spacial score (nSPS) is 10.7. The van der Waals surface area contributed by atoms with E-state index in [0.717, 1.165) is 4.90 Å². The van der Waals surface area contributed by atoms with Gasteiger partial charge in [0.1, 0.15) is 0 Å². The van der Waals surface area contributed by atoms with E-state index < -0.39 is 0 Å². The van der Waals surface area contributed by atoms with Crippen LogP contribution in [-0.4, -0.2) is 10.2 Å². The monoisotopic (exact) mass is 218 g/mol. The Labute approximate surface area is 85.1 Å². The fourth-order valence-electron chi connectivity index (χ4n) is 0.863. The summed E-state index contributed by atoms with van der Waals surface area (Å²) in [5.74, 6) is 0.489. The maximum atomic E-state index is 4.08. The number of hydrogen-bond donors (Lipinski definition) is 1. The second-order valence-electron chi connectivity index (χ2n) is 2.62. The molecule has 0 aromatic carbocycles. The van der Waals surface area contributed by atoms with Gasteiger partial charge in [-0.1, -0.05) is 25.5 Å². The Balaban J connectivity index is 2.92. The van der Waals surface area contributed by atoms with E-state index in [4.69, 9.17) is 0 Å². The molecule has 0 bridgehead atoms. The van der Waals surface area contributed by atoms with Crippen LogP contribution < -0.4 is 0 Å². The smallest absolute Gasteiger partial charge is 0.0644 e. The van der Waals surface area contributed by atoms with Crippen LogP contribution >= 0.6 is 32.3 Å². The summed E-state index contributed by atoms with van der Waals surface area (Å²) >= 11 is 4.08. The third-order valence-electron chi connectivity index (χ3n) is 1.47. The molecule has 0 amide bonds. The molecule has 0 atom stereocenters. The molecular formula is C7H10N2S3. The van der Waals surface area contributed by atoms with Crippen molar-refractivity contribution in [1.29, 1.82) is 0 Å². The molecule has 0 aliphatic heterocycles. The summed E-state index contributed by atoms with van der Waals surface area (Å²) < 4.78 is 0. The molecular weight excluding hydrogens is 208 g/mol. The quantitative estimate of drug-likeness (QED) is 0.622. The molecule has 0 saturated heterocycles. The van der Waals surface area contributed by atoms with Crippen LogP contribution in [0.25, 0.3) is 0 Å². The lowest BCUT2D eigenvalue weighted by atomic mass is 10.1. The second kappa shape index (κ2) is 4.99. The van der Waals surface area contributed by atoms with Crippen molar-refractivity contribution < 1.29 is 0 Å². The molecule has 1 heterocycles. The van der Waals surface area contributed by atoms with Crippen LogP contribution in [0.5, 0.6) is 0 Å². The average Bonchev–Trinajstić information content (AvgIpc) is 2.05. The van der Waals surface area contributed by atoms with Gasteiger partial charge in [-0.3, -0.25) is 0 Å². The number of hydrogen-bond acceptors (Lipinski definition) is 5. The molecule has 0 N–H and O–H groups in total. The average molecular weight is 218 g/mol. The third kappa shape index (κ3) is 2.57. The molecule has 0 saturated carbocycles. The highest BCUT2D eigenvalue weighted by Gasteiger charge is 2.06. The summed E-state index contributed by atoms with van der Waals surface area (Å²) in [5.41, 5.74) is 1.23. The van der Waals surface area contributed by atoms with E-state index in [0.29, 0.717) is 5.92 Å². The molecule has 2 nitrogen and oxygen atoms in total. The molecule has 0 aliphatic carbocycles. The van der Waals surface area contributed by atoms with Gasteiger partial charge in [0.05, 0.1) is 12.4 Å². The molecule has 0 spiro atoms. The van der Waals surface area contributed by atoms with E-state index in [-0.39, 0.29) is 0 Å². The summed E-state index contributed by atoms with van der Waals surface area (Å²) in [6, 6.07) is 0. The van der Waals surface area contributed by atoms with E-state index in [1.807, 2.05) is 6.20 Å². The van der Waals surface area contributed by atoms with Crippen molar-refractivity contribution in [2.24, 2.45) is 0 Å². The molecule has 1 aromatic heterocycles. The second-order valence-corrected chi connectivity index (χ2v) is 5.67. The van der Waals surface area contributed by atoms with Gasteiger partial charge in [-0.2, -0.15) is 10.2 Å². The largest absolute Gasteiger partial charge is 0.159 e. The number of thiol groups is 1. The van der Waals surface area contributed by atoms with E-state index >= 15 is 0 Å². The van der Waals surface area contributed by atoms with Crippen LogP contribution in [0, 0.1) is 0 Å². The zero-order valence-corrected chi connectivity index (χ0v) is 9.42. The Morgan fingerprint density at radius 1 is 1.33 bits per heavy atom. The van der Waals surface area contributed by atoms with Gasteiger partial charge in [0.15, 0.2) is 0 Å². The van der Waals surface area contributed by atoms with Crippen molar-refractivity contribution in [1.82, 2.24) is 10.2 Å². The zero-order chi connectivity index (χ0) is 8.97. The highest BCUT2D eigenvalue weighted by atomic mass is 33.5. The first-order chi connectivity index (χ1) is 5.75. The van der Waals surface area contributed by atoms with Gasteiger partial charge < -0.3 is 0 Å². The number of nitrogens with zero attached hydrogens (tertiary/aromatic N) is 2. The van der Waals surface area contributed by atoms with E-state index in [1.165, 1.54) is 15.4 Å². The van der Waals surface area contributed by atoms with E-state index in [1.54, 1.807) is 17.0 Å². The summed E-state index contributed by atoms with van der Waals surface area (Å²) in [7, 11) is 3.04. The maximum absolute atomic E-state index is 4.08. The molecule has 0 radical (unpaired) electrons. The topological polar surface area (TPSA) is 25.8 Å². The van der Waals surface area contributed by atoms with Gasteiger partial charge in [-0.05, 0) is 32.1 Å². The Hall–Kier alpha value is 0.130. The standard InChI is InChI=1S/C7H10N2S3/c1-5(2)6-3-8-9-4-7(6)11-12-10/h3-5,10H,1-2H3. The van der Waals surface area contributed by atoms with Gasteiger partial charge in [-0.25, -0.2) is 0 Å². The van der Waals surface area contributed by atoms with Gasteiger partial charge in [0.25, 0.3) is 0 Å². The predicted molar refractivity (Wildman–Crippen MR) is 58.6 cm³/mol. The van der Waals surface area contributed by atoms with E-state index in [2.05, 4.69) is 35.7 Å². The molecule has 66 valence electrons. The lowest BCUT2D eigenvalue weighted by molar-refractivity contribution is 0.810. The molecule has 0 aliphatic rings. The fourth-order valence-corrected chi connectivity index (χ4v) is 2.80.